The van der Waals surface area contributed by atoms with Crippen molar-refractivity contribution in [1.29, 1.82) is 5.26 Å². The minimum absolute atomic E-state index is 0. The van der Waals surface area contributed by atoms with E-state index in [1.165, 1.54) is 6.07 Å². The number of benzene rings is 1. The molecular weight excluding hydrogens is 324 g/mol. The molecule has 1 aromatic carbocycles. The second-order valence-corrected chi connectivity index (χ2v) is 5.70. The highest BCUT2D eigenvalue weighted by molar-refractivity contribution is 5.99. The summed E-state index contributed by atoms with van der Waals surface area (Å²) in [7, 11) is 0. The second-order valence-electron chi connectivity index (χ2n) is 5.70. The second kappa shape index (κ2) is 7.28. The Morgan fingerprint density at radius 3 is 2.88 bits per heavy atom. The monoisotopic (exact) mass is 344 g/mol. The Hall–Kier alpha value is -2.98. The number of Topliss-reactive ketones (excluding diaryl/α,β-unsaturated/α-hetero) is 1. The molecule has 0 bridgehead atoms. The first-order valence-electron chi connectivity index (χ1n) is 7.86. The topological polar surface area (TPSA) is 137 Å². The Kier molecular flexibility index (Phi) is 5.35. The minimum Gasteiger partial charge on any atom is -0.504 e. The van der Waals surface area contributed by atoms with Crippen LogP contribution in [0.15, 0.2) is 41.0 Å². The summed E-state index contributed by atoms with van der Waals surface area (Å²) in [4.78, 5) is 12.5. The zero-order valence-corrected chi connectivity index (χ0v) is 13.8. The average Bonchev–Trinajstić information content (AvgIpc) is 2.56. The summed E-state index contributed by atoms with van der Waals surface area (Å²) >= 11 is 0. The number of hydrogen-bond donors (Lipinski definition) is 2. The first-order chi connectivity index (χ1) is 11.6. The molecule has 1 heterocycles. The number of carbonyl (C=O) groups is 1. The molecule has 0 spiro atoms. The van der Waals surface area contributed by atoms with Crippen molar-refractivity contribution in [3.05, 3.63) is 46.6 Å². The van der Waals surface area contributed by atoms with E-state index in [0.717, 1.165) is 0 Å². The molecule has 7 nitrogen and oxygen atoms in total. The van der Waals surface area contributed by atoms with Gasteiger partial charge in [-0.2, -0.15) is 5.26 Å². The van der Waals surface area contributed by atoms with Gasteiger partial charge in [-0.05, 0) is 31.0 Å². The van der Waals surface area contributed by atoms with E-state index < -0.39 is 5.92 Å². The van der Waals surface area contributed by atoms with E-state index in [1.807, 2.05) is 6.92 Å². The van der Waals surface area contributed by atoms with Crippen LogP contribution in [0.5, 0.6) is 11.5 Å². The van der Waals surface area contributed by atoms with Crippen molar-refractivity contribution >= 4 is 5.78 Å². The molecule has 3 rings (SSSR count). The van der Waals surface area contributed by atoms with Crippen molar-refractivity contribution in [2.75, 3.05) is 6.61 Å². The number of phenols is 1. The van der Waals surface area contributed by atoms with Gasteiger partial charge in [-0.3, -0.25) is 4.79 Å². The summed E-state index contributed by atoms with van der Waals surface area (Å²) < 4.78 is 10.9. The van der Waals surface area contributed by atoms with E-state index in [-0.39, 0.29) is 28.5 Å². The average molecular weight is 344 g/mol. The van der Waals surface area contributed by atoms with Gasteiger partial charge in [0.15, 0.2) is 17.3 Å². The molecule has 132 valence electrons. The van der Waals surface area contributed by atoms with Crippen LogP contribution < -0.4 is 10.5 Å². The van der Waals surface area contributed by atoms with Crippen LogP contribution in [0, 0.1) is 11.3 Å². The predicted molar refractivity (Wildman–Crippen MR) is 89.4 cm³/mol. The summed E-state index contributed by atoms with van der Waals surface area (Å²) in [5.74, 6) is 0.259. The quantitative estimate of drug-likeness (QED) is 0.857. The lowest BCUT2D eigenvalue weighted by molar-refractivity contribution is -0.116. The number of ether oxygens (including phenoxy) is 2. The SMILES string of the molecule is CCOc1cc(C2C(C#N)=C(N)OC3=C2C(=O)CCC3)ccc1O.O. The smallest absolute Gasteiger partial charge is 0.205 e. The van der Waals surface area contributed by atoms with Crippen LogP contribution in [0.25, 0.3) is 0 Å². The molecule has 1 atom stereocenters. The lowest BCUT2D eigenvalue weighted by Gasteiger charge is -2.31. The molecule has 0 amide bonds. The maximum absolute atomic E-state index is 12.5. The summed E-state index contributed by atoms with van der Waals surface area (Å²) in [6, 6.07) is 6.87. The third-order valence-electron chi connectivity index (χ3n) is 4.22. The van der Waals surface area contributed by atoms with Crippen molar-refractivity contribution < 1.29 is 24.9 Å². The Balaban J connectivity index is 0.00000225. The van der Waals surface area contributed by atoms with Gasteiger partial charge in [0.2, 0.25) is 5.88 Å². The maximum Gasteiger partial charge on any atom is 0.205 e. The summed E-state index contributed by atoms with van der Waals surface area (Å²) in [6.07, 6.45) is 1.75. The number of rotatable bonds is 3. The van der Waals surface area contributed by atoms with Crippen molar-refractivity contribution in [2.24, 2.45) is 5.73 Å². The van der Waals surface area contributed by atoms with Gasteiger partial charge in [0.25, 0.3) is 0 Å². The van der Waals surface area contributed by atoms with Crippen molar-refractivity contribution in [3.63, 3.8) is 0 Å². The van der Waals surface area contributed by atoms with Crippen LogP contribution in [-0.4, -0.2) is 23.0 Å². The molecule has 5 N–H and O–H groups in total. The van der Waals surface area contributed by atoms with Gasteiger partial charge >= 0.3 is 0 Å². The van der Waals surface area contributed by atoms with Crippen molar-refractivity contribution in [1.82, 2.24) is 0 Å². The number of nitrogens with two attached hydrogens (primary N) is 1. The molecule has 2 aliphatic rings. The van der Waals surface area contributed by atoms with Crippen molar-refractivity contribution in [3.8, 4) is 17.6 Å². The fourth-order valence-corrected chi connectivity index (χ4v) is 3.17. The highest BCUT2D eigenvalue weighted by Crippen LogP contribution is 2.44. The number of ketones is 1. The number of nitriles is 1. The molecule has 0 fully saturated rings. The molecule has 0 saturated heterocycles. The summed E-state index contributed by atoms with van der Waals surface area (Å²) in [6.45, 7) is 2.20. The number of carbonyl (C=O) groups excluding carboxylic acids is 1. The summed E-state index contributed by atoms with van der Waals surface area (Å²) in [5.41, 5.74) is 7.27. The van der Waals surface area contributed by atoms with Crippen LogP contribution in [0.3, 0.4) is 0 Å². The molecule has 1 unspecified atom stereocenters. The molecule has 0 saturated carbocycles. The fraction of sp³-hybridized carbons (Fsp3) is 0.333. The molecule has 1 aromatic rings. The fourth-order valence-electron chi connectivity index (χ4n) is 3.17. The normalized spacial score (nSPS) is 19.5. The van der Waals surface area contributed by atoms with Crippen LogP contribution in [-0.2, 0) is 9.53 Å². The van der Waals surface area contributed by atoms with E-state index in [2.05, 4.69) is 6.07 Å². The highest BCUT2D eigenvalue weighted by atomic mass is 16.5. The van der Waals surface area contributed by atoms with E-state index in [9.17, 15) is 15.2 Å². The lowest BCUT2D eigenvalue weighted by atomic mass is 9.77. The van der Waals surface area contributed by atoms with Gasteiger partial charge in [-0.15, -0.1) is 0 Å². The number of allylic oxidation sites excluding steroid dienone is 3. The minimum atomic E-state index is -0.591. The molecule has 25 heavy (non-hydrogen) atoms. The lowest BCUT2D eigenvalue weighted by Crippen LogP contribution is -2.27. The molecular formula is C18H20N2O5. The number of phenolic OH excluding ortho intramolecular Hbond substituents is 1. The highest BCUT2D eigenvalue weighted by Gasteiger charge is 2.38. The van der Waals surface area contributed by atoms with Crippen molar-refractivity contribution in [2.45, 2.75) is 32.1 Å². The largest absolute Gasteiger partial charge is 0.504 e. The van der Waals surface area contributed by atoms with Gasteiger partial charge in [0, 0.05) is 18.4 Å². The number of nitrogens with zero attached hydrogens (tertiary/aromatic N) is 1. The summed E-state index contributed by atoms with van der Waals surface area (Å²) in [5, 5.41) is 19.4. The number of aromatic hydroxyl groups is 1. The Morgan fingerprint density at radius 2 is 2.20 bits per heavy atom. The van der Waals surface area contributed by atoms with E-state index >= 15 is 0 Å². The molecule has 1 aliphatic heterocycles. The van der Waals surface area contributed by atoms with Crippen LogP contribution >= 0.6 is 0 Å². The van der Waals surface area contributed by atoms with Crippen LogP contribution in [0.1, 0.15) is 37.7 Å². The van der Waals surface area contributed by atoms with Crippen LogP contribution in [0.4, 0.5) is 0 Å². The number of hydrogen-bond acceptors (Lipinski definition) is 6. The third kappa shape index (κ3) is 3.16. The van der Waals surface area contributed by atoms with E-state index in [0.29, 0.717) is 48.5 Å². The van der Waals surface area contributed by atoms with Crippen LogP contribution in [0.2, 0.25) is 0 Å². The molecule has 0 radical (unpaired) electrons. The Labute approximate surface area is 145 Å². The zero-order chi connectivity index (χ0) is 17.3. The Morgan fingerprint density at radius 1 is 1.44 bits per heavy atom. The van der Waals surface area contributed by atoms with Gasteiger partial charge < -0.3 is 25.8 Å². The van der Waals surface area contributed by atoms with Gasteiger partial charge in [-0.1, -0.05) is 6.07 Å². The van der Waals surface area contributed by atoms with E-state index in [4.69, 9.17) is 15.2 Å². The van der Waals surface area contributed by atoms with Gasteiger partial charge in [0.05, 0.1) is 12.5 Å². The standard InChI is InChI=1S/C18H18N2O4.H2O/c1-2-23-15-8-10(6-7-12(15)21)16-11(9-19)18(20)24-14-5-3-4-13(22)17(14)16;/h6-8,16,21H,2-5,20H2,1H3;1H2. The van der Waals surface area contributed by atoms with E-state index in [1.54, 1.807) is 12.1 Å². The third-order valence-corrected chi connectivity index (χ3v) is 4.22. The molecule has 0 aromatic heterocycles. The first-order valence-corrected chi connectivity index (χ1v) is 7.86. The predicted octanol–water partition coefficient (Wildman–Crippen LogP) is 1.78. The van der Waals surface area contributed by atoms with Gasteiger partial charge in [0.1, 0.15) is 17.4 Å². The molecule has 1 aliphatic carbocycles. The Bertz CT molecular complexity index is 804. The van der Waals surface area contributed by atoms with Gasteiger partial charge in [-0.25, -0.2) is 0 Å². The zero-order valence-electron chi connectivity index (χ0n) is 13.8. The molecule has 7 heteroatoms. The first kappa shape index (κ1) is 18.4. The maximum atomic E-state index is 12.5.